The fourth-order valence-corrected chi connectivity index (χ4v) is 6.29. The van der Waals surface area contributed by atoms with Gasteiger partial charge in [0.1, 0.15) is 0 Å². The second-order valence-corrected chi connectivity index (χ2v) is 9.38. The van der Waals surface area contributed by atoms with Crippen molar-refractivity contribution in [2.45, 2.75) is 64.4 Å². The summed E-state index contributed by atoms with van der Waals surface area (Å²) in [7, 11) is 0. The number of β-amino-alcohol motifs (C(OH)–C–C–N with tert-alkyl or cyclic N) is 1. The van der Waals surface area contributed by atoms with Gasteiger partial charge >= 0.3 is 0 Å². The maximum atomic E-state index is 12.9. The number of aliphatic hydroxyl groups is 1. The van der Waals surface area contributed by atoms with Crippen LogP contribution in [0.5, 0.6) is 0 Å². The Morgan fingerprint density at radius 3 is 2.28 bits per heavy atom. The van der Waals surface area contributed by atoms with Crippen LogP contribution in [0.15, 0.2) is 0 Å². The fourth-order valence-electron chi connectivity index (χ4n) is 6.29. The number of piperidine rings is 1. The zero-order valence-electron chi connectivity index (χ0n) is 15.4. The quantitative estimate of drug-likeness (QED) is 0.816. The molecule has 4 saturated carbocycles. The highest BCUT2D eigenvalue weighted by Gasteiger charge is 2.54. The molecule has 0 spiro atoms. The van der Waals surface area contributed by atoms with E-state index in [0.717, 1.165) is 50.0 Å². The second kappa shape index (κ2) is 6.57. The molecule has 5 nitrogen and oxygen atoms in total. The van der Waals surface area contributed by atoms with Gasteiger partial charge in [-0.3, -0.25) is 9.59 Å². The van der Waals surface area contributed by atoms with Crippen molar-refractivity contribution in [2.75, 3.05) is 19.6 Å². The van der Waals surface area contributed by atoms with E-state index in [-0.39, 0.29) is 23.1 Å². The monoisotopic (exact) mass is 348 g/mol. The van der Waals surface area contributed by atoms with Gasteiger partial charge in [0.05, 0.1) is 6.10 Å². The number of hydrogen-bond donors (Lipinski definition) is 2. The molecule has 0 radical (unpaired) electrons. The van der Waals surface area contributed by atoms with Gasteiger partial charge in [-0.15, -0.1) is 0 Å². The molecule has 25 heavy (non-hydrogen) atoms. The van der Waals surface area contributed by atoms with Crippen molar-refractivity contribution >= 4 is 11.8 Å². The summed E-state index contributed by atoms with van der Waals surface area (Å²) < 4.78 is 0. The summed E-state index contributed by atoms with van der Waals surface area (Å²) in [4.78, 5) is 27.0. The maximum Gasteiger partial charge on any atom is 0.226 e. The number of nitrogens with one attached hydrogen (secondary N) is 1. The molecule has 5 rings (SSSR count). The van der Waals surface area contributed by atoms with Gasteiger partial charge in [-0.05, 0) is 68.6 Å². The minimum atomic E-state index is -0.417. The zero-order valence-corrected chi connectivity index (χ0v) is 15.4. The molecule has 0 aromatic rings. The molecule has 5 aliphatic rings. The molecule has 2 atom stereocenters. The molecule has 140 valence electrons. The van der Waals surface area contributed by atoms with E-state index in [4.69, 9.17) is 0 Å². The van der Waals surface area contributed by atoms with Gasteiger partial charge in [0.2, 0.25) is 11.8 Å². The van der Waals surface area contributed by atoms with Crippen molar-refractivity contribution in [1.82, 2.24) is 10.2 Å². The van der Waals surface area contributed by atoms with E-state index in [9.17, 15) is 14.7 Å². The van der Waals surface area contributed by atoms with Crippen LogP contribution in [0.3, 0.4) is 0 Å². The van der Waals surface area contributed by atoms with Gasteiger partial charge in [0.15, 0.2) is 0 Å². The number of aliphatic hydroxyl groups excluding tert-OH is 1. The number of likely N-dealkylation sites (tertiary alicyclic amines) is 1. The van der Waals surface area contributed by atoms with E-state index < -0.39 is 6.10 Å². The normalized spacial score (nSPS) is 42.5. The van der Waals surface area contributed by atoms with Crippen LogP contribution in [0.2, 0.25) is 0 Å². The Labute approximate surface area is 150 Å². The zero-order chi connectivity index (χ0) is 17.6. The van der Waals surface area contributed by atoms with Gasteiger partial charge in [0.25, 0.3) is 0 Å². The van der Waals surface area contributed by atoms with E-state index in [2.05, 4.69) is 5.32 Å². The minimum absolute atomic E-state index is 0.0526. The van der Waals surface area contributed by atoms with E-state index in [0.29, 0.717) is 19.5 Å². The molecule has 2 unspecified atom stereocenters. The van der Waals surface area contributed by atoms with Crippen molar-refractivity contribution in [3.8, 4) is 0 Å². The average molecular weight is 348 g/mol. The Morgan fingerprint density at radius 2 is 1.72 bits per heavy atom. The number of carbonyl (C=O) groups is 2. The van der Waals surface area contributed by atoms with E-state index in [1.165, 1.54) is 19.3 Å². The van der Waals surface area contributed by atoms with Crippen LogP contribution >= 0.6 is 0 Å². The number of rotatable bonds is 4. The van der Waals surface area contributed by atoms with Gasteiger partial charge in [-0.2, -0.15) is 0 Å². The van der Waals surface area contributed by atoms with Gasteiger partial charge in [-0.1, -0.05) is 6.92 Å². The first-order valence-electron chi connectivity index (χ1n) is 10.2. The first-order valence-corrected chi connectivity index (χ1v) is 10.2. The molecular formula is C20H32N2O3. The lowest BCUT2D eigenvalue weighted by atomic mass is 9.49. The molecule has 0 aromatic heterocycles. The lowest BCUT2D eigenvalue weighted by Gasteiger charge is -2.55. The molecule has 2 amide bonds. The molecule has 4 bridgehead atoms. The van der Waals surface area contributed by atoms with Crippen LogP contribution in [0, 0.1) is 29.1 Å². The van der Waals surface area contributed by atoms with Crippen molar-refractivity contribution in [3.05, 3.63) is 0 Å². The van der Waals surface area contributed by atoms with Crippen molar-refractivity contribution in [2.24, 2.45) is 29.1 Å². The molecular weight excluding hydrogens is 316 g/mol. The smallest absolute Gasteiger partial charge is 0.226 e. The third kappa shape index (κ3) is 3.32. The first kappa shape index (κ1) is 17.3. The largest absolute Gasteiger partial charge is 0.391 e. The molecule has 0 aromatic carbocycles. The Balaban J connectivity index is 1.26. The van der Waals surface area contributed by atoms with Crippen LogP contribution in [0.25, 0.3) is 0 Å². The first-order chi connectivity index (χ1) is 11.9. The summed E-state index contributed by atoms with van der Waals surface area (Å²) >= 11 is 0. The Hall–Kier alpha value is -1.10. The highest BCUT2D eigenvalue weighted by molar-refractivity contribution is 5.84. The maximum absolute atomic E-state index is 12.9. The molecule has 1 saturated heterocycles. The topological polar surface area (TPSA) is 69.6 Å². The Bertz CT molecular complexity index is 512. The summed E-state index contributed by atoms with van der Waals surface area (Å²) in [6, 6.07) is 0. The molecule has 5 fully saturated rings. The predicted octanol–water partition coefficient (Wildman–Crippen LogP) is 1.94. The highest BCUT2D eigenvalue weighted by atomic mass is 16.3. The number of carbonyl (C=O) groups excluding carboxylic acids is 2. The van der Waals surface area contributed by atoms with E-state index in [1.54, 1.807) is 4.90 Å². The van der Waals surface area contributed by atoms with Crippen LogP contribution in [-0.4, -0.2) is 47.6 Å². The molecule has 2 N–H and O–H groups in total. The minimum Gasteiger partial charge on any atom is -0.391 e. The molecule has 5 heteroatoms. The summed E-state index contributed by atoms with van der Waals surface area (Å²) in [5.41, 5.74) is -0.130. The van der Waals surface area contributed by atoms with Crippen LogP contribution in [-0.2, 0) is 9.59 Å². The Kier molecular flexibility index (Phi) is 4.55. The number of amides is 2. The van der Waals surface area contributed by atoms with Gasteiger partial charge < -0.3 is 15.3 Å². The summed E-state index contributed by atoms with van der Waals surface area (Å²) in [6.45, 7) is 3.61. The molecule has 4 aliphatic carbocycles. The predicted molar refractivity (Wildman–Crippen MR) is 94.6 cm³/mol. The van der Waals surface area contributed by atoms with Crippen molar-refractivity contribution < 1.29 is 14.7 Å². The fraction of sp³-hybridized carbons (Fsp3) is 0.900. The van der Waals surface area contributed by atoms with E-state index in [1.807, 2.05) is 6.92 Å². The van der Waals surface area contributed by atoms with Gasteiger partial charge in [-0.25, -0.2) is 0 Å². The summed E-state index contributed by atoms with van der Waals surface area (Å²) in [6.07, 6.45) is 7.98. The highest BCUT2D eigenvalue weighted by Crippen LogP contribution is 2.60. The van der Waals surface area contributed by atoms with Crippen molar-refractivity contribution in [3.63, 3.8) is 0 Å². The third-order valence-electron chi connectivity index (χ3n) is 7.42. The average Bonchev–Trinajstić information content (AvgIpc) is 2.56. The van der Waals surface area contributed by atoms with E-state index >= 15 is 0 Å². The van der Waals surface area contributed by atoms with Crippen molar-refractivity contribution in [1.29, 1.82) is 0 Å². The number of nitrogens with zero attached hydrogens (tertiary/aromatic N) is 1. The SMILES string of the molecule is CC1CCN(C(=O)CCNC(=O)C23CC4CC(CC(C4)C2)C3)CC1O. The standard InChI is InChI=1S/C20H32N2O3/c1-13-3-5-22(12-17(13)23)18(24)2-4-21-19(25)20-9-14-6-15(10-20)8-16(7-14)11-20/h13-17,23H,2-12H2,1H3,(H,21,25). The molecule has 1 aliphatic heterocycles. The summed E-state index contributed by atoms with van der Waals surface area (Å²) in [5.74, 6) is 2.80. The lowest BCUT2D eigenvalue weighted by molar-refractivity contribution is -0.146. The van der Waals surface area contributed by atoms with Crippen LogP contribution < -0.4 is 5.32 Å². The summed E-state index contributed by atoms with van der Waals surface area (Å²) in [5, 5.41) is 13.0. The Morgan fingerprint density at radius 1 is 1.12 bits per heavy atom. The third-order valence-corrected chi connectivity index (χ3v) is 7.42. The molecule has 1 heterocycles. The second-order valence-electron chi connectivity index (χ2n) is 9.38. The van der Waals surface area contributed by atoms with Gasteiger partial charge in [0, 0.05) is 31.5 Å². The van der Waals surface area contributed by atoms with Crippen LogP contribution in [0.1, 0.15) is 58.3 Å². The van der Waals surface area contributed by atoms with Crippen LogP contribution in [0.4, 0.5) is 0 Å². The lowest BCUT2D eigenvalue weighted by Crippen LogP contribution is -2.54. The number of hydrogen-bond acceptors (Lipinski definition) is 3.